The van der Waals surface area contributed by atoms with Crippen LogP contribution >= 0.6 is 0 Å². The first-order chi connectivity index (χ1) is 31.6. The molecular formula is C64H44. The second-order valence-corrected chi connectivity index (χ2v) is 17.3. The second-order valence-electron chi connectivity index (χ2n) is 17.3. The lowest BCUT2D eigenvalue weighted by molar-refractivity contribution is 0.768. The summed E-state index contributed by atoms with van der Waals surface area (Å²) >= 11 is 0. The summed E-state index contributed by atoms with van der Waals surface area (Å²) in [7, 11) is 0. The Hall–Kier alpha value is -8.06. The predicted molar refractivity (Wildman–Crippen MR) is 273 cm³/mol. The van der Waals surface area contributed by atoms with Gasteiger partial charge in [0.15, 0.2) is 0 Å². The summed E-state index contributed by atoms with van der Waals surface area (Å²) in [5.41, 5.74) is 18.4. The molecule has 0 heteroatoms. The van der Waals surface area contributed by atoms with Crippen LogP contribution < -0.4 is 0 Å². The lowest BCUT2D eigenvalue weighted by Crippen LogP contribution is -2.28. The van der Waals surface area contributed by atoms with Crippen LogP contribution in [-0.2, 0) is 5.41 Å². The van der Waals surface area contributed by atoms with Crippen LogP contribution in [0.4, 0.5) is 0 Å². The number of hydrogen-bond acceptors (Lipinski definition) is 0. The smallest absolute Gasteiger partial charge is 0.0619 e. The van der Waals surface area contributed by atoms with Gasteiger partial charge in [-0.15, -0.1) is 0 Å². The zero-order chi connectivity index (χ0) is 42.6. The average molecular weight is 813 g/mol. The van der Waals surface area contributed by atoms with Crippen molar-refractivity contribution in [3.8, 4) is 44.5 Å². The molecule has 0 amide bonds. The Morgan fingerprint density at radius 2 is 0.703 bits per heavy atom. The molecule has 1 aliphatic carbocycles. The third-order valence-corrected chi connectivity index (χ3v) is 13.6. The summed E-state index contributed by atoms with van der Waals surface area (Å²) < 4.78 is 0. The van der Waals surface area contributed by atoms with Gasteiger partial charge in [0.2, 0.25) is 0 Å². The molecule has 0 aliphatic heterocycles. The molecule has 0 fully saturated rings. The maximum atomic E-state index is 2.39. The van der Waals surface area contributed by atoms with Crippen molar-refractivity contribution in [3.05, 3.63) is 276 Å². The van der Waals surface area contributed by atoms with E-state index in [1.807, 2.05) is 0 Å². The van der Waals surface area contributed by atoms with Gasteiger partial charge >= 0.3 is 0 Å². The standard InChI is InChI=1S/C64H44/c1-43-22-38-52(39-23-43)64(60-20-10-8-14-54(60)55-15-9-11-21-61(55)64)53-40-36-49(37-41-53)63-58-18-6-4-16-56(58)62(57-17-5-7-19-59(57)63)48-32-28-45(29-33-48)25-24-44-26-30-47(31-27-44)51-35-34-46-12-2-3-13-50(46)42-51/h2-42H,1H3. The molecule has 300 valence electrons. The molecule has 12 rings (SSSR count). The monoisotopic (exact) mass is 812 g/mol. The van der Waals surface area contributed by atoms with Gasteiger partial charge in [-0.25, -0.2) is 0 Å². The molecule has 0 radical (unpaired) electrons. The van der Waals surface area contributed by atoms with E-state index in [-0.39, 0.29) is 0 Å². The number of hydrogen-bond donors (Lipinski definition) is 0. The van der Waals surface area contributed by atoms with E-state index in [0.717, 1.165) is 0 Å². The predicted octanol–water partition coefficient (Wildman–Crippen LogP) is 17.0. The molecule has 0 saturated heterocycles. The van der Waals surface area contributed by atoms with E-state index in [1.54, 1.807) is 0 Å². The Morgan fingerprint density at radius 1 is 0.312 bits per heavy atom. The van der Waals surface area contributed by atoms with Gasteiger partial charge in [0, 0.05) is 0 Å². The van der Waals surface area contributed by atoms with E-state index in [9.17, 15) is 0 Å². The highest BCUT2D eigenvalue weighted by atomic mass is 14.5. The molecule has 0 nitrogen and oxygen atoms in total. The summed E-state index contributed by atoms with van der Waals surface area (Å²) in [5.74, 6) is 0. The fraction of sp³-hybridized carbons (Fsp3) is 0.0312. The first-order valence-corrected chi connectivity index (χ1v) is 22.3. The fourth-order valence-corrected chi connectivity index (χ4v) is 10.6. The van der Waals surface area contributed by atoms with E-state index in [0.29, 0.717) is 0 Å². The summed E-state index contributed by atoms with van der Waals surface area (Å²) in [4.78, 5) is 0. The molecule has 0 heterocycles. The maximum absolute atomic E-state index is 2.39. The zero-order valence-electron chi connectivity index (χ0n) is 35.7. The third kappa shape index (κ3) is 6.14. The number of benzene rings is 11. The normalized spacial score (nSPS) is 12.8. The van der Waals surface area contributed by atoms with Crippen molar-refractivity contribution >= 4 is 44.5 Å². The van der Waals surface area contributed by atoms with E-state index < -0.39 is 5.41 Å². The van der Waals surface area contributed by atoms with E-state index in [2.05, 4.69) is 256 Å². The number of rotatable bonds is 7. The molecule has 0 unspecified atom stereocenters. The molecule has 0 atom stereocenters. The SMILES string of the molecule is Cc1ccc(C2(c3ccc(-c4c5ccccc5c(-c5ccc(C=Cc6ccc(-c7ccc8ccccc8c7)cc6)cc5)c5ccccc45)cc3)c3ccccc3-c3ccccc32)cc1. The molecule has 0 saturated carbocycles. The van der Waals surface area contributed by atoms with Crippen LogP contribution in [0, 0.1) is 6.92 Å². The van der Waals surface area contributed by atoms with Gasteiger partial charge in [-0.1, -0.05) is 248 Å². The quantitative estimate of drug-likeness (QED) is 0.111. The minimum Gasteiger partial charge on any atom is -0.0619 e. The summed E-state index contributed by atoms with van der Waals surface area (Å²) in [6.07, 6.45) is 4.42. The first kappa shape index (κ1) is 37.7. The Balaban J connectivity index is 0.906. The van der Waals surface area contributed by atoms with Crippen LogP contribution in [0.25, 0.3) is 89.0 Å². The Morgan fingerprint density at radius 3 is 1.22 bits per heavy atom. The van der Waals surface area contributed by atoms with Crippen LogP contribution in [0.2, 0.25) is 0 Å². The largest absolute Gasteiger partial charge is 0.0713 e. The second kappa shape index (κ2) is 15.4. The van der Waals surface area contributed by atoms with Gasteiger partial charge < -0.3 is 0 Å². The van der Waals surface area contributed by atoms with Gasteiger partial charge in [0.1, 0.15) is 0 Å². The van der Waals surface area contributed by atoms with Crippen LogP contribution in [-0.4, -0.2) is 0 Å². The van der Waals surface area contributed by atoms with Crippen molar-refractivity contribution in [1.29, 1.82) is 0 Å². The van der Waals surface area contributed by atoms with Crippen molar-refractivity contribution in [2.75, 3.05) is 0 Å². The molecule has 0 aromatic heterocycles. The maximum Gasteiger partial charge on any atom is 0.0713 e. The highest BCUT2D eigenvalue weighted by Crippen LogP contribution is 2.56. The van der Waals surface area contributed by atoms with Crippen molar-refractivity contribution in [3.63, 3.8) is 0 Å². The van der Waals surface area contributed by atoms with E-state index in [1.165, 1.54) is 116 Å². The van der Waals surface area contributed by atoms with Crippen LogP contribution in [0.5, 0.6) is 0 Å². The molecule has 64 heavy (non-hydrogen) atoms. The van der Waals surface area contributed by atoms with Crippen LogP contribution in [0.3, 0.4) is 0 Å². The Bertz CT molecular complexity index is 3470. The average Bonchev–Trinajstić information content (AvgIpc) is 3.66. The van der Waals surface area contributed by atoms with Crippen molar-refractivity contribution < 1.29 is 0 Å². The third-order valence-electron chi connectivity index (χ3n) is 13.6. The Kier molecular flexibility index (Phi) is 9.06. The van der Waals surface area contributed by atoms with Crippen LogP contribution in [0.1, 0.15) is 38.9 Å². The van der Waals surface area contributed by atoms with Gasteiger partial charge in [-0.05, 0) is 123 Å². The minimum absolute atomic E-state index is 0.433. The molecule has 0 N–H and O–H groups in total. The van der Waals surface area contributed by atoms with E-state index >= 15 is 0 Å². The molecular weight excluding hydrogens is 769 g/mol. The van der Waals surface area contributed by atoms with Gasteiger partial charge in [0.25, 0.3) is 0 Å². The number of aryl methyl sites for hydroxylation is 1. The summed E-state index contributed by atoms with van der Waals surface area (Å²) in [6.45, 7) is 2.17. The molecule has 11 aromatic rings. The van der Waals surface area contributed by atoms with Crippen LogP contribution in [0.15, 0.2) is 237 Å². The Labute approximate surface area is 375 Å². The van der Waals surface area contributed by atoms with E-state index in [4.69, 9.17) is 0 Å². The molecule has 1 aliphatic rings. The van der Waals surface area contributed by atoms with Crippen molar-refractivity contribution in [2.24, 2.45) is 0 Å². The molecule has 0 bridgehead atoms. The summed E-state index contributed by atoms with van der Waals surface area (Å²) in [5, 5.41) is 7.55. The first-order valence-electron chi connectivity index (χ1n) is 22.3. The molecule has 0 spiro atoms. The topological polar surface area (TPSA) is 0 Å². The highest BCUT2D eigenvalue weighted by molar-refractivity contribution is 6.21. The zero-order valence-corrected chi connectivity index (χ0v) is 35.7. The lowest BCUT2D eigenvalue weighted by atomic mass is 9.67. The fourth-order valence-electron chi connectivity index (χ4n) is 10.6. The van der Waals surface area contributed by atoms with Crippen molar-refractivity contribution in [1.82, 2.24) is 0 Å². The molecule has 11 aromatic carbocycles. The minimum atomic E-state index is -0.433. The number of fused-ring (bicyclic) bond motifs is 6. The highest BCUT2D eigenvalue weighted by Gasteiger charge is 2.45. The summed E-state index contributed by atoms with van der Waals surface area (Å²) in [6, 6.07) is 87.7. The van der Waals surface area contributed by atoms with Gasteiger partial charge in [0.05, 0.1) is 5.41 Å². The van der Waals surface area contributed by atoms with Gasteiger partial charge in [-0.2, -0.15) is 0 Å². The van der Waals surface area contributed by atoms with Gasteiger partial charge in [-0.3, -0.25) is 0 Å². The lowest BCUT2D eigenvalue weighted by Gasteiger charge is -2.34. The van der Waals surface area contributed by atoms with Crippen molar-refractivity contribution in [2.45, 2.75) is 12.3 Å².